The van der Waals surface area contributed by atoms with Crippen LogP contribution in [0.2, 0.25) is 0 Å². The number of likely N-dealkylation sites (N-methyl/N-ethyl adjacent to an activating group) is 1. The van der Waals surface area contributed by atoms with Crippen LogP contribution in [0, 0.1) is 6.92 Å². The molecule has 1 fully saturated rings. The molecule has 3 rings (SSSR count). The van der Waals surface area contributed by atoms with E-state index in [-0.39, 0.29) is 18.4 Å². The van der Waals surface area contributed by atoms with Crippen molar-refractivity contribution in [2.45, 2.75) is 13.5 Å². The number of methoxy groups -OCH3 is 1. The van der Waals surface area contributed by atoms with Crippen LogP contribution in [-0.2, 0) is 16.1 Å². The van der Waals surface area contributed by atoms with Crippen molar-refractivity contribution < 1.29 is 14.3 Å². The Bertz CT molecular complexity index is 894. The molecule has 1 N–H and O–H groups in total. The van der Waals surface area contributed by atoms with Crippen LogP contribution in [0.1, 0.15) is 11.1 Å². The average Bonchev–Trinajstić information content (AvgIpc) is 2.76. The molecule has 2 aromatic rings. The number of hydrogen-bond donors (Lipinski definition) is 1. The van der Waals surface area contributed by atoms with Gasteiger partial charge in [-0.15, -0.1) is 0 Å². The Morgan fingerprint density at radius 3 is 2.45 bits per heavy atom. The maximum Gasteiger partial charge on any atom is 0.243 e. The van der Waals surface area contributed by atoms with E-state index in [1.165, 1.54) is 16.0 Å². The van der Waals surface area contributed by atoms with Crippen molar-refractivity contribution in [1.29, 1.82) is 0 Å². The highest BCUT2D eigenvalue weighted by atomic mass is 16.5. The van der Waals surface area contributed by atoms with E-state index in [0.29, 0.717) is 18.0 Å². The Labute approximate surface area is 184 Å². The Balaban J connectivity index is 1.40. The van der Waals surface area contributed by atoms with Crippen LogP contribution in [0.4, 0.5) is 5.69 Å². The van der Waals surface area contributed by atoms with E-state index in [1.54, 1.807) is 26.3 Å². The van der Waals surface area contributed by atoms with Crippen molar-refractivity contribution in [2.24, 2.45) is 0 Å². The lowest BCUT2D eigenvalue weighted by atomic mass is 10.1. The van der Waals surface area contributed by atoms with Gasteiger partial charge in [-0.25, -0.2) is 0 Å². The van der Waals surface area contributed by atoms with Crippen LogP contribution in [0.15, 0.2) is 48.5 Å². The van der Waals surface area contributed by atoms with E-state index in [9.17, 15) is 9.59 Å². The van der Waals surface area contributed by atoms with Gasteiger partial charge in [-0.05, 0) is 30.2 Å². The van der Waals surface area contributed by atoms with Gasteiger partial charge in [0.15, 0.2) is 0 Å². The van der Waals surface area contributed by atoms with Gasteiger partial charge in [0.1, 0.15) is 5.75 Å². The number of aryl methyl sites for hydroxylation is 1. The van der Waals surface area contributed by atoms with Crippen molar-refractivity contribution in [1.82, 2.24) is 14.7 Å². The summed E-state index contributed by atoms with van der Waals surface area (Å²) < 4.78 is 5.16. The summed E-state index contributed by atoms with van der Waals surface area (Å²) in [6.07, 6.45) is 0. The highest BCUT2D eigenvalue weighted by molar-refractivity contribution is 5.94. The third-order valence-corrected chi connectivity index (χ3v) is 5.64. The van der Waals surface area contributed by atoms with Gasteiger partial charge in [-0.3, -0.25) is 19.4 Å². The fourth-order valence-corrected chi connectivity index (χ4v) is 3.65. The SMILES string of the molecule is COc1cccc(NC(=O)CN(C)C(=O)CN2CCN(Cc3ccccc3C)CC2)c1. The lowest BCUT2D eigenvalue weighted by molar-refractivity contribution is -0.134. The fourth-order valence-electron chi connectivity index (χ4n) is 3.65. The zero-order valence-corrected chi connectivity index (χ0v) is 18.6. The van der Waals surface area contributed by atoms with Crippen LogP contribution in [0.3, 0.4) is 0 Å². The van der Waals surface area contributed by atoms with Crippen molar-refractivity contribution in [2.75, 3.05) is 58.7 Å². The monoisotopic (exact) mass is 424 g/mol. The molecule has 0 unspecified atom stereocenters. The van der Waals surface area contributed by atoms with Gasteiger partial charge in [0.2, 0.25) is 11.8 Å². The molecule has 2 aromatic carbocycles. The third kappa shape index (κ3) is 6.80. The smallest absolute Gasteiger partial charge is 0.243 e. The minimum Gasteiger partial charge on any atom is -0.497 e. The van der Waals surface area contributed by atoms with Crippen LogP contribution in [-0.4, -0.2) is 79.9 Å². The molecule has 7 heteroatoms. The maximum atomic E-state index is 12.6. The van der Waals surface area contributed by atoms with E-state index >= 15 is 0 Å². The van der Waals surface area contributed by atoms with E-state index in [4.69, 9.17) is 4.74 Å². The zero-order chi connectivity index (χ0) is 22.2. The first-order valence-corrected chi connectivity index (χ1v) is 10.6. The van der Waals surface area contributed by atoms with E-state index in [1.807, 2.05) is 12.1 Å². The summed E-state index contributed by atoms with van der Waals surface area (Å²) in [7, 11) is 3.25. The number of rotatable bonds is 8. The summed E-state index contributed by atoms with van der Waals surface area (Å²) in [6, 6.07) is 15.6. The second kappa shape index (κ2) is 10.9. The summed E-state index contributed by atoms with van der Waals surface area (Å²) in [4.78, 5) is 31.0. The lowest BCUT2D eigenvalue weighted by Crippen LogP contribution is -2.50. The molecule has 0 bridgehead atoms. The number of piperazine rings is 1. The molecule has 1 heterocycles. The summed E-state index contributed by atoms with van der Waals surface area (Å²) >= 11 is 0. The summed E-state index contributed by atoms with van der Waals surface area (Å²) in [5.74, 6) is 0.393. The van der Waals surface area contributed by atoms with Crippen LogP contribution in [0.25, 0.3) is 0 Å². The zero-order valence-electron chi connectivity index (χ0n) is 18.6. The van der Waals surface area contributed by atoms with Gasteiger partial charge in [0, 0.05) is 51.5 Å². The summed E-state index contributed by atoms with van der Waals surface area (Å²) in [6.45, 7) is 7.00. The van der Waals surface area contributed by atoms with Crippen molar-refractivity contribution in [3.05, 3.63) is 59.7 Å². The number of nitrogens with one attached hydrogen (secondary N) is 1. The van der Waals surface area contributed by atoms with Gasteiger partial charge in [0.25, 0.3) is 0 Å². The molecule has 0 aliphatic carbocycles. The fraction of sp³-hybridized carbons (Fsp3) is 0.417. The average molecular weight is 425 g/mol. The first-order chi connectivity index (χ1) is 14.9. The number of benzene rings is 2. The number of carbonyl (C=O) groups is 2. The van der Waals surface area contributed by atoms with Gasteiger partial charge >= 0.3 is 0 Å². The summed E-state index contributed by atoms with van der Waals surface area (Å²) in [5, 5.41) is 2.81. The van der Waals surface area contributed by atoms with E-state index in [0.717, 1.165) is 32.7 Å². The number of ether oxygens (including phenoxy) is 1. The molecule has 0 saturated carbocycles. The lowest BCUT2D eigenvalue weighted by Gasteiger charge is -2.35. The van der Waals surface area contributed by atoms with Gasteiger partial charge in [-0.2, -0.15) is 0 Å². The molecule has 1 aliphatic heterocycles. The topological polar surface area (TPSA) is 65.1 Å². The molecular weight excluding hydrogens is 392 g/mol. The maximum absolute atomic E-state index is 12.6. The Hall–Kier alpha value is -2.90. The second-order valence-electron chi connectivity index (χ2n) is 8.01. The molecule has 1 saturated heterocycles. The minimum atomic E-state index is -0.229. The number of hydrogen-bond acceptors (Lipinski definition) is 5. The minimum absolute atomic E-state index is 0.0172. The van der Waals surface area contributed by atoms with Crippen molar-refractivity contribution >= 4 is 17.5 Å². The largest absolute Gasteiger partial charge is 0.497 e. The second-order valence-corrected chi connectivity index (χ2v) is 8.01. The Morgan fingerprint density at radius 2 is 1.74 bits per heavy atom. The van der Waals surface area contributed by atoms with E-state index in [2.05, 4.69) is 46.3 Å². The van der Waals surface area contributed by atoms with Crippen LogP contribution in [0.5, 0.6) is 5.75 Å². The highest BCUT2D eigenvalue weighted by Gasteiger charge is 2.21. The van der Waals surface area contributed by atoms with Crippen molar-refractivity contribution in [3.63, 3.8) is 0 Å². The number of carbonyl (C=O) groups excluding carboxylic acids is 2. The summed E-state index contributed by atoms with van der Waals surface area (Å²) in [5.41, 5.74) is 3.32. The third-order valence-electron chi connectivity index (χ3n) is 5.64. The van der Waals surface area contributed by atoms with Crippen LogP contribution < -0.4 is 10.1 Å². The molecule has 1 aliphatic rings. The normalized spacial score (nSPS) is 14.8. The standard InChI is InChI=1S/C24H32N4O3/c1-19-7-4-5-8-20(19)16-27-11-13-28(14-12-27)18-24(30)26(2)17-23(29)25-21-9-6-10-22(15-21)31-3/h4-10,15H,11-14,16-18H2,1-3H3,(H,25,29). The Kier molecular flexibility index (Phi) is 8.03. The van der Waals surface area contributed by atoms with Gasteiger partial charge < -0.3 is 15.0 Å². The molecule has 0 spiro atoms. The molecule has 0 atom stereocenters. The molecule has 7 nitrogen and oxygen atoms in total. The van der Waals surface area contributed by atoms with Gasteiger partial charge in [-0.1, -0.05) is 30.3 Å². The molecule has 0 radical (unpaired) electrons. The first-order valence-electron chi connectivity index (χ1n) is 10.6. The number of anilines is 1. The molecule has 0 aromatic heterocycles. The highest BCUT2D eigenvalue weighted by Crippen LogP contribution is 2.16. The number of nitrogens with zero attached hydrogens (tertiary/aromatic N) is 3. The molecular formula is C24H32N4O3. The molecule has 166 valence electrons. The van der Waals surface area contributed by atoms with E-state index < -0.39 is 0 Å². The van der Waals surface area contributed by atoms with Crippen molar-refractivity contribution in [3.8, 4) is 5.75 Å². The Morgan fingerprint density at radius 1 is 1.03 bits per heavy atom. The van der Waals surface area contributed by atoms with Crippen LogP contribution >= 0.6 is 0 Å². The molecule has 31 heavy (non-hydrogen) atoms. The first kappa shape index (κ1) is 22.8. The van der Waals surface area contributed by atoms with Gasteiger partial charge in [0.05, 0.1) is 20.2 Å². The quantitative estimate of drug-likeness (QED) is 0.704. The number of amides is 2. The predicted molar refractivity (Wildman–Crippen MR) is 122 cm³/mol. The molecule has 2 amide bonds. The predicted octanol–water partition coefficient (Wildman–Crippen LogP) is 2.22.